The van der Waals surface area contributed by atoms with Gasteiger partial charge in [-0.1, -0.05) is 56.7 Å². The van der Waals surface area contributed by atoms with Crippen LogP contribution in [0.15, 0.2) is 66.2 Å². The number of hydrogen-bond donors (Lipinski definition) is 1. The molecule has 0 radical (unpaired) electrons. The van der Waals surface area contributed by atoms with Gasteiger partial charge in [-0.15, -0.1) is 6.58 Å². The number of aromatic nitrogens is 1. The molecular weight excluding hydrogens is 444 g/mol. The predicted molar refractivity (Wildman–Crippen MR) is 135 cm³/mol. The first-order chi connectivity index (χ1) is 16.1. The lowest BCUT2D eigenvalue weighted by atomic mass is 9.51. The van der Waals surface area contributed by atoms with Crippen molar-refractivity contribution in [1.82, 2.24) is 9.29 Å². The van der Waals surface area contributed by atoms with Gasteiger partial charge in [0.25, 0.3) is 10.0 Å². The number of carbonyl (C=O) groups excluding carboxylic acids is 1. The summed E-state index contributed by atoms with van der Waals surface area (Å²) in [6.07, 6.45) is 6.43. The second-order valence-electron chi connectivity index (χ2n) is 10.8. The smallest absolute Gasteiger partial charge is 0.268 e. The molecule has 0 bridgehead atoms. The maximum absolute atomic E-state index is 13.8. The molecule has 0 saturated heterocycles. The summed E-state index contributed by atoms with van der Waals surface area (Å²) < 4.78 is 29.1. The third kappa shape index (κ3) is 3.04. The molecule has 34 heavy (non-hydrogen) atoms. The van der Waals surface area contributed by atoms with E-state index in [4.69, 9.17) is 0 Å². The van der Waals surface area contributed by atoms with Crippen LogP contribution >= 0.6 is 0 Å². The Morgan fingerprint density at radius 3 is 2.47 bits per heavy atom. The molecule has 4 atom stereocenters. The molecule has 5 nitrogen and oxygen atoms in total. The van der Waals surface area contributed by atoms with Crippen molar-refractivity contribution in [3.8, 4) is 0 Å². The van der Waals surface area contributed by atoms with Crippen LogP contribution in [0.2, 0.25) is 0 Å². The Labute approximate surface area is 201 Å². The van der Waals surface area contributed by atoms with Crippen molar-refractivity contribution < 1.29 is 13.2 Å². The normalized spacial score (nSPS) is 27.7. The highest BCUT2D eigenvalue weighted by Gasteiger charge is 2.54. The highest BCUT2D eigenvalue weighted by Crippen LogP contribution is 2.59. The van der Waals surface area contributed by atoms with Crippen LogP contribution in [-0.4, -0.2) is 24.8 Å². The lowest BCUT2D eigenvalue weighted by molar-refractivity contribution is -0.111. The number of nitrogens with one attached hydrogen (secondary N) is 1. The van der Waals surface area contributed by atoms with Crippen molar-refractivity contribution >= 4 is 27.3 Å². The van der Waals surface area contributed by atoms with Crippen LogP contribution in [0, 0.1) is 18.3 Å². The molecule has 1 fully saturated rings. The average Bonchev–Trinajstić information content (AvgIpc) is 3.20. The minimum atomic E-state index is -3.79. The monoisotopic (exact) mass is 476 g/mol. The predicted octanol–water partition coefficient (Wildman–Crippen LogP) is 5.28. The maximum Gasteiger partial charge on any atom is 0.268 e. The Balaban J connectivity index is 1.81. The van der Waals surface area contributed by atoms with Gasteiger partial charge in [-0.3, -0.25) is 4.79 Å². The van der Waals surface area contributed by atoms with E-state index in [2.05, 4.69) is 38.7 Å². The number of aryl methyl sites for hydroxylation is 1. The SMILES string of the molecule is C=C[C@@]1(C)CC[C@H]2[C@H](c3cn(S(=O)(=O)c4ccc(C)cc4)c4cccc(c34)C2(C)C)[C@@H]1NC=O. The molecule has 1 heterocycles. The summed E-state index contributed by atoms with van der Waals surface area (Å²) in [5.74, 6) is 0.234. The van der Waals surface area contributed by atoms with Gasteiger partial charge in [-0.05, 0) is 60.4 Å². The summed E-state index contributed by atoms with van der Waals surface area (Å²) in [7, 11) is -3.79. The summed E-state index contributed by atoms with van der Waals surface area (Å²) >= 11 is 0. The van der Waals surface area contributed by atoms with E-state index in [1.54, 1.807) is 12.1 Å². The van der Waals surface area contributed by atoms with E-state index in [0.29, 0.717) is 5.52 Å². The molecule has 1 N–H and O–H groups in total. The van der Waals surface area contributed by atoms with Gasteiger partial charge in [0.05, 0.1) is 10.4 Å². The zero-order valence-corrected chi connectivity index (χ0v) is 21.0. The zero-order chi connectivity index (χ0) is 24.5. The Hall–Kier alpha value is -2.86. The van der Waals surface area contributed by atoms with Gasteiger partial charge in [0.1, 0.15) is 0 Å². The fourth-order valence-electron chi connectivity index (χ4n) is 6.55. The number of amides is 1. The molecule has 0 unspecified atom stereocenters. The molecule has 3 aromatic rings. The first kappa shape index (κ1) is 22.9. The van der Waals surface area contributed by atoms with Crippen LogP contribution in [0.5, 0.6) is 0 Å². The lowest BCUT2D eigenvalue weighted by Gasteiger charge is -2.55. The van der Waals surface area contributed by atoms with Gasteiger partial charge in [0.2, 0.25) is 6.41 Å². The summed E-state index contributed by atoms with van der Waals surface area (Å²) in [4.78, 5) is 12.0. The van der Waals surface area contributed by atoms with Crippen LogP contribution in [0.25, 0.3) is 10.9 Å². The number of nitrogens with zero attached hydrogens (tertiary/aromatic N) is 1. The fourth-order valence-corrected chi connectivity index (χ4v) is 7.92. The third-order valence-corrected chi connectivity index (χ3v) is 10.3. The van der Waals surface area contributed by atoms with Gasteiger partial charge in [0.15, 0.2) is 0 Å². The standard InChI is InChI=1S/C28H32N2O3S/c1-6-28(5)15-14-22-25(26(28)29-17-31)20-16-30(34(32,33)19-12-10-18(2)11-13-19)23-9-7-8-21(24(20)23)27(22,3)4/h6-13,16-17,22,25-26H,1,14-15H2,2-5H3,(H,29,31)/t22-,25-,26-,28-/m0/s1. The summed E-state index contributed by atoms with van der Waals surface area (Å²) in [6.45, 7) is 12.7. The molecule has 2 aromatic carbocycles. The topological polar surface area (TPSA) is 68.2 Å². The van der Waals surface area contributed by atoms with Crippen LogP contribution in [0.4, 0.5) is 0 Å². The quantitative estimate of drug-likeness (QED) is 0.402. The second-order valence-corrected chi connectivity index (χ2v) is 12.6. The highest BCUT2D eigenvalue weighted by atomic mass is 32.2. The molecule has 1 amide bonds. The summed E-state index contributed by atoms with van der Waals surface area (Å²) in [6, 6.07) is 12.8. The second kappa shape index (κ2) is 7.57. The van der Waals surface area contributed by atoms with E-state index in [1.165, 1.54) is 9.54 Å². The van der Waals surface area contributed by atoms with E-state index >= 15 is 0 Å². The van der Waals surface area contributed by atoms with E-state index in [9.17, 15) is 13.2 Å². The minimum Gasteiger partial charge on any atom is -0.354 e. The van der Waals surface area contributed by atoms with Crippen molar-refractivity contribution in [2.75, 3.05) is 0 Å². The van der Waals surface area contributed by atoms with Crippen molar-refractivity contribution in [2.45, 2.75) is 62.8 Å². The molecule has 0 aliphatic heterocycles. The summed E-state index contributed by atoms with van der Waals surface area (Å²) in [5, 5.41) is 4.11. The van der Waals surface area contributed by atoms with Gasteiger partial charge < -0.3 is 5.32 Å². The van der Waals surface area contributed by atoms with Crippen molar-refractivity contribution in [1.29, 1.82) is 0 Å². The first-order valence-corrected chi connectivity index (χ1v) is 13.3. The van der Waals surface area contributed by atoms with E-state index in [1.807, 2.05) is 43.5 Å². The number of carbonyl (C=O) groups is 1. The average molecular weight is 477 g/mol. The highest BCUT2D eigenvalue weighted by molar-refractivity contribution is 7.90. The van der Waals surface area contributed by atoms with Crippen LogP contribution < -0.4 is 5.32 Å². The van der Waals surface area contributed by atoms with Gasteiger partial charge in [0, 0.05) is 29.0 Å². The van der Waals surface area contributed by atoms with Gasteiger partial charge in [-0.25, -0.2) is 12.4 Å². The third-order valence-electron chi connectivity index (χ3n) is 8.59. The van der Waals surface area contributed by atoms with E-state index in [0.717, 1.165) is 35.8 Å². The molecule has 2 aliphatic carbocycles. The minimum absolute atomic E-state index is 0.0242. The van der Waals surface area contributed by atoms with Crippen LogP contribution in [0.3, 0.4) is 0 Å². The number of benzene rings is 2. The molecule has 178 valence electrons. The Morgan fingerprint density at radius 2 is 1.82 bits per heavy atom. The zero-order valence-electron chi connectivity index (χ0n) is 20.2. The van der Waals surface area contributed by atoms with E-state index < -0.39 is 10.0 Å². The van der Waals surface area contributed by atoms with Gasteiger partial charge in [-0.2, -0.15) is 0 Å². The number of rotatable bonds is 5. The number of fused-ring (bicyclic) bond motifs is 2. The maximum atomic E-state index is 13.8. The van der Waals surface area contributed by atoms with Crippen LogP contribution in [-0.2, 0) is 20.2 Å². The van der Waals surface area contributed by atoms with Crippen LogP contribution in [0.1, 0.15) is 56.2 Å². The molecule has 5 rings (SSSR count). The fraction of sp³-hybridized carbons (Fsp3) is 0.393. The molecule has 1 aromatic heterocycles. The van der Waals surface area contributed by atoms with Gasteiger partial charge >= 0.3 is 0 Å². The molecule has 1 saturated carbocycles. The van der Waals surface area contributed by atoms with E-state index in [-0.39, 0.29) is 33.6 Å². The Kier molecular flexibility index (Phi) is 5.10. The van der Waals surface area contributed by atoms with Crippen molar-refractivity contribution in [2.24, 2.45) is 11.3 Å². The molecule has 0 spiro atoms. The summed E-state index contributed by atoms with van der Waals surface area (Å²) in [5.41, 5.74) is 3.41. The lowest BCUT2D eigenvalue weighted by Crippen LogP contribution is -2.55. The molecule has 2 aliphatic rings. The van der Waals surface area contributed by atoms with Crippen molar-refractivity contribution in [3.63, 3.8) is 0 Å². The molecular formula is C28H32N2O3S. The Bertz CT molecular complexity index is 1400. The first-order valence-electron chi connectivity index (χ1n) is 11.9. The molecule has 6 heteroatoms. The Morgan fingerprint density at radius 1 is 1.12 bits per heavy atom. The number of hydrogen-bond acceptors (Lipinski definition) is 3. The largest absolute Gasteiger partial charge is 0.354 e. The van der Waals surface area contributed by atoms with Crippen molar-refractivity contribution in [3.05, 3.63) is 78.0 Å².